The summed E-state index contributed by atoms with van der Waals surface area (Å²) in [5.41, 5.74) is 4.34. The van der Waals surface area contributed by atoms with E-state index in [9.17, 15) is 4.79 Å². The van der Waals surface area contributed by atoms with Gasteiger partial charge in [-0.05, 0) is 51.1 Å². The van der Waals surface area contributed by atoms with Crippen molar-refractivity contribution < 1.29 is 4.79 Å². The van der Waals surface area contributed by atoms with Crippen LogP contribution in [0.3, 0.4) is 0 Å². The molecule has 35 heavy (non-hydrogen) atoms. The number of likely N-dealkylation sites (N-methyl/N-ethyl adjacent to an activating group) is 2. The van der Waals surface area contributed by atoms with Crippen LogP contribution in [0.4, 0.5) is 17.2 Å². The summed E-state index contributed by atoms with van der Waals surface area (Å²) in [6.07, 6.45) is 5.95. The molecular weight excluding hydrogens is 460 g/mol. The molecule has 4 aromatic rings. The van der Waals surface area contributed by atoms with Crippen molar-refractivity contribution in [2.24, 2.45) is 5.92 Å². The Morgan fingerprint density at radius 3 is 2.77 bits per heavy atom. The zero-order valence-corrected chi connectivity index (χ0v) is 21.7. The molecule has 3 aromatic heterocycles. The van der Waals surface area contributed by atoms with Crippen LogP contribution in [0.25, 0.3) is 21.1 Å². The van der Waals surface area contributed by atoms with E-state index in [1.165, 1.54) is 10.4 Å². The van der Waals surface area contributed by atoms with E-state index in [1.54, 1.807) is 22.6 Å². The average Bonchev–Trinajstić information content (AvgIpc) is 3.45. The smallest absolute Gasteiger partial charge is 0.225 e. The van der Waals surface area contributed by atoms with Gasteiger partial charge < -0.3 is 20.0 Å². The van der Waals surface area contributed by atoms with Crippen LogP contribution in [0.5, 0.6) is 0 Å². The predicted molar refractivity (Wildman–Crippen MR) is 143 cm³/mol. The summed E-state index contributed by atoms with van der Waals surface area (Å²) in [5.74, 6) is 1.06. The molecule has 0 radical (unpaired) electrons. The molecule has 1 amide bonds. The zero-order chi connectivity index (χ0) is 24.7. The summed E-state index contributed by atoms with van der Waals surface area (Å²) in [6.45, 7) is 1.83. The van der Waals surface area contributed by atoms with Crippen molar-refractivity contribution in [2.45, 2.75) is 19.3 Å². The SMILES string of the molecule is CN(C)CCN(C)c1cc2[nH]ncc2cc1Nc1ncnc2sc3c(c12)CC[C@H](C(=O)N(C)C)C3. The van der Waals surface area contributed by atoms with E-state index in [1.807, 2.05) is 20.3 Å². The highest BCUT2D eigenvalue weighted by molar-refractivity contribution is 7.19. The largest absolute Gasteiger partial charge is 0.372 e. The third-order valence-electron chi connectivity index (χ3n) is 6.74. The second-order valence-corrected chi connectivity index (χ2v) is 10.8. The van der Waals surface area contributed by atoms with Crippen molar-refractivity contribution in [2.75, 3.05) is 58.5 Å². The summed E-state index contributed by atoms with van der Waals surface area (Å²) in [4.78, 5) is 30.2. The third kappa shape index (κ3) is 4.55. The highest BCUT2D eigenvalue weighted by Crippen LogP contribution is 2.42. The Morgan fingerprint density at radius 1 is 1.17 bits per heavy atom. The first kappa shape index (κ1) is 23.5. The summed E-state index contributed by atoms with van der Waals surface area (Å²) in [6, 6.07) is 4.26. The van der Waals surface area contributed by atoms with E-state index in [2.05, 4.69) is 68.6 Å². The number of aromatic nitrogens is 4. The van der Waals surface area contributed by atoms with Gasteiger partial charge in [0.15, 0.2) is 0 Å². The van der Waals surface area contributed by atoms with Crippen LogP contribution in [0.2, 0.25) is 0 Å². The van der Waals surface area contributed by atoms with Gasteiger partial charge in [0.05, 0.1) is 28.5 Å². The van der Waals surface area contributed by atoms with Crippen molar-refractivity contribution in [1.29, 1.82) is 0 Å². The number of benzene rings is 1. The van der Waals surface area contributed by atoms with Crippen LogP contribution in [-0.2, 0) is 17.6 Å². The molecule has 3 heterocycles. The van der Waals surface area contributed by atoms with Crippen molar-refractivity contribution in [1.82, 2.24) is 30.0 Å². The van der Waals surface area contributed by atoms with E-state index in [0.29, 0.717) is 0 Å². The van der Waals surface area contributed by atoms with Crippen LogP contribution in [0, 0.1) is 5.92 Å². The number of thiophene rings is 1. The van der Waals surface area contributed by atoms with Gasteiger partial charge in [-0.15, -0.1) is 11.3 Å². The van der Waals surface area contributed by atoms with Gasteiger partial charge in [-0.2, -0.15) is 5.10 Å². The van der Waals surface area contributed by atoms with Gasteiger partial charge in [0, 0.05) is 50.4 Å². The molecule has 0 bridgehead atoms. The van der Waals surface area contributed by atoms with Gasteiger partial charge >= 0.3 is 0 Å². The second-order valence-electron chi connectivity index (χ2n) is 9.76. The molecular formula is C25H32N8OS. The molecule has 0 saturated carbocycles. The molecule has 10 heteroatoms. The quantitative estimate of drug-likeness (QED) is 0.408. The van der Waals surface area contributed by atoms with Gasteiger partial charge in [0.2, 0.25) is 5.91 Å². The summed E-state index contributed by atoms with van der Waals surface area (Å²) in [5, 5.41) is 13.1. The first-order chi connectivity index (χ1) is 16.8. The Morgan fingerprint density at radius 2 is 2.00 bits per heavy atom. The molecule has 1 aliphatic rings. The standard InChI is InChI=1S/C25H32N8OS/c1-31(2)8-9-33(5)20-12-18-16(13-28-30-18)10-19(20)29-23-22-17-7-6-15(25(34)32(3)4)11-21(17)35-24(22)27-14-26-23/h10,12-15H,6-9,11H2,1-5H3,(H,28,30)(H,26,27,29)/t15-/m0/s1. The van der Waals surface area contributed by atoms with Crippen molar-refractivity contribution >= 4 is 55.6 Å². The number of hydrogen-bond donors (Lipinski definition) is 2. The lowest BCUT2D eigenvalue weighted by Crippen LogP contribution is -2.32. The molecule has 184 valence electrons. The van der Waals surface area contributed by atoms with Gasteiger partial charge in [-0.25, -0.2) is 9.97 Å². The van der Waals surface area contributed by atoms with Gasteiger partial charge in [0.25, 0.3) is 0 Å². The molecule has 0 spiro atoms. The Bertz CT molecular complexity index is 1370. The molecule has 0 saturated heterocycles. The minimum Gasteiger partial charge on any atom is -0.372 e. The monoisotopic (exact) mass is 492 g/mol. The summed E-state index contributed by atoms with van der Waals surface area (Å²) in [7, 11) is 9.94. The number of carbonyl (C=O) groups excluding carboxylic acids is 1. The lowest BCUT2D eigenvalue weighted by Gasteiger charge is -2.25. The van der Waals surface area contributed by atoms with E-state index in [4.69, 9.17) is 0 Å². The maximum atomic E-state index is 12.6. The van der Waals surface area contributed by atoms with E-state index in [0.717, 1.165) is 70.7 Å². The molecule has 0 aliphatic heterocycles. The number of aryl methyl sites for hydroxylation is 1. The fraction of sp³-hybridized carbons (Fsp3) is 0.440. The molecule has 1 atom stereocenters. The number of nitrogens with one attached hydrogen (secondary N) is 2. The normalized spacial score (nSPS) is 15.5. The number of H-pyrrole nitrogens is 1. The van der Waals surface area contributed by atoms with Crippen molar-refractivity contribution in [3.05, 3.63) is 35.1 Å². The highest BCUT2D eigenvalue weighted by atomic mass is 32.1. The maximum absolute atomic E-state index is 12.6. The third-order valence-corrected chi connectivity index (χ3v) is 7.90. The molecule has 0 fully saturated rings. The predicted octanol–water partition coefficient (Wildman–Crippen LogP) is 3.50. The Balaban J connectivity index is 1.52. The Labute approximate surface area is 209 Å². The topological polar surface area (TPSA) is 93.3 Å². The summed E-state index contributed by atoms with van der Waals surface area (Å²) >= 11 is 1.69. The van der Waals surface area contributed by atoms with Gasteiger partial charge in [-0.1, -0.05) is 0 Å². The first-order valence-corrected chi connectivity index (χ1v) is 12.7. The first-order valence-electron chi connectivity index (χ1n) is 11.9. The maximum Gasteiger partial charge on any atom is 0.225 e. The molecule has 5 rings (SSSR count). The number of amides is 1. The van der Waals surface area contributed by atoms with E-state index < -0.39 is 0 Å². The molecule has 1 aromatic carbocycles. The lowest BCUT2D eigenvalue weighted by molar-refractivity contribution is -0.133. The number of aromatic amines is 1. The Kier molecular flexibility index (Phi) is 6.33. The van der Waals surface area contributed by atoms with E-state index >= 15 is 0 Å². The van der Waals surface area contributed by atoms with Crippen LogP contribution >= 0.6 is 11.3 Å². The number of hydrogen-bond acceptors (Lipinski definition) is 8. The second kappa shape index (κ2) is 9.43. The van der Waals surface area contributed by atoms with Crippen LogP contribution < -0.4 is 10.2 Å². The van der Waals surface area contributed by atoms with Gasteiger partial charge in [0.1, 0.15) is 17.0 Å². The fourth-order valence-electron chi connectivity index (χ4n) is 4.77. The number of carbonyl (C=O) groups is 1. The van der Waals surface area contributed by atoms with Crippen LogP contribution in [0.15, 0.2) is 24.7 Å². The minimum absolute atomic E-state index is 0.0374. The van der Waals surface area contributed by atoms with Crippen LogP contribution in [-0.4, -0.2) is 84.2 Å². The zero-order valence-electron chi connectivity index (χ0n) is 20.9. The van der Waals surface area contributed by atoms with Crippen LogP contribution in [0.1, 0.15) is 16.9 Å². The number of nitrogens with zero attached hydrogens (tertiary/aromatic N) is 6. The Hall–Kier alpha value is -3.24. The van der Waals surface area contributed by atoms with E-state index in [-0.39, 0.29) is 11.8 Å². The molecule has 2 N–H and O–H groups in total. The van der Waals surface area contributed by atoms with Crippen molar-refractivity contribution in [3.8, 4) is 0 Å². The molecule has 9 nitrogen and oxygen atoms in total. The number of anilines is 3. The molecule has 0 unspecified atom stereocenters. The van der Waals surface area contributed by atoms with Gasteiger partial charge in [-0.3, -0.25) is 9.89 Å². The number of fused-ring (bicyclic) bond motifs is 4. The highest BCUT2D eigenvalue weighted by Gasteiger charge is 2.30. The lowest BCUT2D eigenvalue weighted by atomic mass is 9.87. The summed E-state index contributed by atoms with van der Waals surface area (Å²) < 4.78 is 0. The average molecular weight is 493 g/mol. The van der Waals surface area contributed by atoms with Crippen molar-refractivity contribution in [3.63, 3.8) is 0 Å². The fourth-order valence-corrected chi connectivity index (χ4v) is 6.04. The molecule has 1 aliphatic carbocycles. The minimum atomic E-state index is 0.0374. The number of rotatable bonds is 7.